The maximum Gasteiger partial charge on any atom is 0.278 e. The first kappa shape index (κ1) is 12.0. The number of aromatic nitrogens is 1. The molecule has 2 rings (SSSR count). The Balaban J connectivity index is 2.62. The Hall–Kier alpha value is -2.43. The van der Waals surface area contributed by atoms with E-state index in [1.54, 1.807) is 42.1 Å². The van der Waals surface area contributed by atoms with E-state index in [4.69, 9.17) is 0 Å². The summed E-state index contributed by atoms with van der Waals surface area (Å²) < 4.78 is 1.72. The summed E-state index contributed by atoms with van der Waals surface area (Å²) in [5.74, 6) is -0.0598. The van der Waals surface area contributed by atoms with E-state index < -0.39 is 4.92 Å². The first-order chi connectivity index (χ1) is 8.50. The lowest BCUT2D eigenvalue weighted by Gasteiger charge is -2.03. The number of nitro groups is 1. The Kier molecular flexibility index (Phi) is 2.97. The second kappa shape index (κ2) is 4.44. The molecule has 0 aliphatic carbocycles. The monoisotopic (exact) mass is 244 g/mol. The molecule has 5 nitrogen and oxygen atoms in total. The fraction of sp³-hybridized carbons (Fsp3) is 0.154. The van der Waals surface area contributed by atoms with Gasteiger partial charge in [0.25, 0.3) is 5.69 Å². The summed E-state index contributed by atoms with van der Waals surface area (Å²) in [7, 11) is 1.76. The Morgan fingerprint density at radius 3 is 2.56 bits per heavy atom. The fourth-order valence-corrected chi connectivity index (χ4v) is 1.87. The van der Waals surface area contributed by atoms with Crippen molar-refractivity contribution in [3.8, 4) is 11.3 Å². The molecule has 0 fully saturated rings. The standard InChI is InChI=1S/C13H12N2O3/c1-9(16)10-7-13(14(2)8-10)11-5-3-4-6-12(11)15(17)18/h3-8H,1-2H3. The molecule has 1 aromatic heterocycles. The number of carbonyl (C=O) groups excluding carboxylic acids is 1. The summed E-state index contributed by atoms with van der Waals surface area (Å²) in [5.41, 5.74) is 1.75. The van der Waals surface area contributed by atoms with Gasteiger partial charge in [0.05, 0.1) is 16.2 Å². The molecule has 2 aromatic rings. The molecule has 5 heteroatoms. The minimum Gasteiger partial charge on any atom is -0.350 e. The van der Waals surface area contributed by atoms with Crippen LogP contribution in [0.4, 0.5) is 5.69 Å². The molecule has 92 valence electrons. The van der Waals surface area contributed by atoms with Crippen LogP contribution in [0.1, 0.15) is 17.3 Å². The van der Waals surface area contributed by atoms with Gasteiger partial charge in [0.15, 0.2) is 5.78 Å². The van der Waals surface area contributed by atoms with E-state index in [9.17, 15) is 14.9 Å². The molecule has 0 saturated heterocycles. The maximum atomic E-state index is 11.3. The van der Waals surface area contributed by atoms with E-state index in [1.807, 2.05) is 0 Å². The van der Waals surface area contributed by atoms with Crippen LogP contribution in [0.3, 0.4) is 0 Å². The van der Waals surface area contributed by atoms with E-state index in [0.29, 0.717) is 16.8 Å². The third-order valence-electron chi connectivity index (χ3n) is 2.79. The number of ketones is 1. The van der Waals surface area contributed by atoms with Gasteiger partial charge >= 0.3 is 0 Å². The number of Topliss-reactive ketones (excluding diaryl/α,β-unsaturated/α-hetero) is 1. The van der Waals surface area contributed by atoms with Crippen LogP contribution in [0.15, 0.2) is 36.5 Å². The third kappa shape index (κ3) is 2.02. The van der Waals surface area contributed by atoms with Gasteiger partial charge in [-0.15, -0.1) is 0 Å². The highest BCUT2D eigenvalue weighted by Gasteiger charge is 2.17. The second-order valence-electron chi connectivity index (χ2n) is 4.06. The SMILES string of the molecule is CC(=O)c1cc(-c2ccccc2[N+](=O)[O-])n(C)c1. The normalized spacial score (nSPS) is 10.3. The van der Waals surface area contributed by atoms with Crippen molar-refractivity contribution < 1.29 is 9.72 Å². The number of nitrogens with zero attached hydrogens (tertiary/aromatic N) is 2. The topological polar surface area (TPSA) is 65.1 Å². The number of carbonyl (C=O) groups is 1. The van der Waals surface area contributed by atoms with E-state index in [1.165, 1.54) is 13.0 Å². The summed E-state index contributed by atoms with van der Waals surface area (Å²) in [6.45, 7) is 1.47. The van der Waals surface area contributed by atoms with Crippen molar-refractivity contribution in [1.29, 1.82) is 0 Å². The highest BCUT2D eigenvalue weighted by Crippen LogP contribution is 2.30. The average Bonchev–Trinajstić information content (AvgIpc) is 2.71. The molecule has 0 aliphatic rings. The number of hydrogen-bond acceptors (Lipinski definition) is 3. The van der Waals surface area contributed by atoms with Gasteiger partial charge in [-0.05, 0) is 19.1 Å². The molecule has 0 radical (unpaired) electrons. The minimum atomic E-state index is -0.421. The van der Waals surface area contributed by atoms with Crippen molar-refractivity contribution in [2.24, 2.45) is 7.05 Å². The van der Waals surface area contributed by atoms with Gasteiger partial charge < -0.3 is 4.57 Å². The zero-order valence-electron chi connectivity index (χ0n) is 10.1. The highest BCUT2D eigenvalue weighted by molar-refractivity contribution is 5.95. The molecule has 0 aliphatic heterocycles. The Morgan fingerprint density at radius 2 is 2.00 bits per heavy atom. The van der Waals surface area contributed by atoms with Crippen LogP contribution in [0.5, 0.6) is 0 Å². The van der Waals surface area contributed by atoms with Crippen molar-refractivity contribution in [2.45, 2.75) is 6.92 Å². The zero-order chi connectivity index (χ0) is 13.3. The highest BCUT2D eigenvalue weighted by atomic mass is 16.6. The molecule has 0 bridgehead atoms. The first-order valence-corrected chi connectivity index (χ1v) is 5.42. The molecule has 18 heavy (non-hydrogen) atoms. The van der Waals surface area contributed by atoms with Crippen LogP contribution < -0.4 is 0 Å². The lowest BCUT2D eigenvalue weighted by atomic mass is 10.1. The molecule has 0 unspecified atom stereocenters. The Bertz CT molecular complexity index is 629. The molecule has 1 aromatic carbocycles. The van der Waals surface area contributed by atoms with Gasteiger partial charge in [0.1, 0.15) is 0 Å². The molecular weight excluding hydrogens is 232 g/mol. The molecule has 0 saturated carbocycles. The smallest absolute Gasteiger partial charge is 0.278 e. The summed E-state index contributed by atoms with van der Waals surface area (Å²) in [6, 6.07) is 8.16. The second-order valence-corrected chi connectivity index (χ2v) is 4.06. The molecule has 1 heterocycles. The molecular formula is C13H12N2O3. The molecule has 0 N–H and O–H groups in total. The van der Waals surface area contributed by atoms with Crippen molar-refractivity contribution in [2.75, 3.05) is 0 Å². The van der Waals surface area contributed by atoms with Crippen LogP contribution in [0.2, 0.25) is 0 Å². The molecule has 0 spiro atoms. The summed E-state index contributed by atoms with van der Waals surface area (Å²) in [4.78, 5) is 21.9. The average molecular weight is 244 g/mol. The number of para-hydroxylation sites is 1. The van der Waals surface area contributed by atoms with Crippen molar-refractivity contribution in [1.82, 2.24) is 4.57 Å². The number of rotatable bonds is 3. The van der Waals surface area contributed by atoms with E-state index in [-0.39, 0.29) is 11.5 Å². The zero-order valence-corrected chi connectivity index (χ0v) is 10.1. The molecule has 0 atom stereocenters. The summed E-state index contributed by atoms with van der Waals surface area (Å²) >= 11 is 0. The van der Waals surface area contributed by atoms with Crippen molar-refractivity contribution in [3.63, 3.8) is 0 Å². The Labute approximate surface area is 104 Å². The quantitative estimate of drug-likeness (QED) is 0.473. The first-order valence-electron chi connectivity index (χ1n) is 5.42. The van der Waals surface area contributed by atoms with Crippen LogP contribution in [0.25, 0.3) is 11.3 Å². The number of hydrogen-bond donors (Lipinski definition) is 0. The van der Waals surface area contributed by atoms with Gasteiger partial charge in [-0.25, -0.2) is 0 Å². The predicted octanol–water partition coefficient (Wildman–Crippen LogP) is 2.80. The van der Waals surface area contributed by atoms with Gasteiger partial charge in [0, 0.05) is 24.9 Å². The maximum absolute atomic E-state index is 11.3. The molecule has 0 amide bonds. The van der Waals surface area contributed by atoms with Gasteiger partial charge in [-0.1, -0.05) is 12.1 Å². The van der Waals surface area contributed by atoms with Gasteiger partial charge in [-0.3, -0.25) is 14.9 Å². The van der Waals surface area contributed by atoms with Gasteiger partial charge in [0.2, 0.25) is 0 Å². The lowest BCUT2D eigenvalue weighted by molar-refractivity contribution is -0.384. The number of aryl methyl sites for hydroxylation is 1. The van der Waals surface area contributed by atoms with Crippen molar-refractivity contribution in [3.05, 3.63) is 52.2 Å². The van der Waals surface area contributed by atoms with Crippen molar-refractivity contribution >= 4 is 11.5 Å². The van der Waals surface area contributed by atoms with Crippen LogP contribution >= 0.6 is 0 Å². The predicted molar refractivity (Wildman–Crippen MR) is 67.5 cm³/mol. The minimum absolute atomic E-state index is 0.0359. The lowest BCUT2D eigenvalue weighted by Crippen LogP contribution is -1.95. The van der Waals surface area contributed by atoms with E-state index in [0.717, 1.165) is 0 Å². The van der Waals surface area contributed by atoms with Crippen LogP contribution in [0, 0.1) is 10.1 Å². The number of benzene rings is 1. The van der Waals surface area contributed by atoms with Crippen LogP contribution in [-0.2, 0) is 7.05 Å². The third-order valence-corrected chi connectivity index (χ3v) is 2.79. The van der Waals surface area contributed by atoms with Gasteiger partial charge in [-0.2, -0.15) is 0 Å². The fourth-order valence-electron chi connectivity index (χ4n) is 1.87. The van der Waals surface area contributed by atoms with E-state index in [2.05, 4.69) is 0 Å². The van der Waals surface area contributed by atoms with E-state index >= 15 is 0 Å². The largest absolute Gasteiger partial charge is 0.350 e. The summed E-state index contributed by atoms with van der Waals surface area (Å²) in [6.07, 6.45) is 1.67. The summed E-state index contributed by atoms with van der Waals surface area (Å²) in [5, 5.41) is 11.0. The van der Waals surface area contributed by atoms with Crippen LogP contribution in [-0.4, -0.2) is 15.3 Å². The number of nitro benzene ring substituents is 1. The Morgan fingerprint density at radius 1 is 1.33 bits per heavy atom.